The molecule has 28 heavy (non-hydrogen) atoms. The summed E-state index contributed by atoms with van der Waals surface area (Å²) >= 11 is 0. The second kappa shape index (κ2) is 8.96. The van der Waals surface area contributed by atoms with Crippen molar-refractivity contribution < 1.29 is 14.3 Å². The molecule has 0 atom stereocenters. The lowest BCUT2D eigenvalue weighted by molar-refractivity contribution is 0.0181. The average molecular weight is 380 g/mol. The molecule has 0 saturated heterocycles. The number of fused-ring (bicyclic) bond motifs is 1. The number of nitrogens with zero attached hydrogens (tertiary/aromatic N) is 10. The zero-order chi connectivity index (χ0) is 19.8. The van der Waals surface area contributed by atoms with Crippen molar-refractivity contribution in [1.82, 2.24) is 19.5 Å². The molecule has 3 rings (SSSR count). The van der Waals surface area contributed by atoms with Gasteiger partial charge in [0.15, 0.2) is 11.5 Å². The number of hydrogen-bond acceptors (Lipinski definition) is 8. The van der Waals surface area contributed by atoms with E-state index in [1.165, 1.54) is 10.9 Å². The quantitative estimate of drug-likeness (QED) is 0.189. The minimum absolute atomic E-state index is 0.0296. The zero-order valence-electron chi connectivity index (χ0n) is 14.3. The number of aromatic nitrogens is 4. The summed E-state index contributed by atoms with van der Waals surface area (Å²) in [6.45, 7) is 0.223. The van der Waals surface area contributed by atoms with Crippen LogP contribution < -0.4 is 0 Å². The van der Waals surface area contributed by atoms with Crippen LogP contribution >= 0.6 is 0 Å². The van der Waals surface area contributed by atoms with Crippen molar-refractivity contribution in [1.29, 1.82) is 0 Å². The van der Waals surface area contributed by atoms with E-state index >= 15 is 0 Å². The third-order valence-corrected chi connectivity index (χ3v) is 3.41. The molecule has 3 aromatic rings. The van der Waals surface area contributed by atoms with Gasteiger partial charge in [-0.15, -0.1) is 0 Å². The zero-order valence-corrected chi connectivity index (χ0v) is 14.3. The van der Waals surface area contributed by atoms with E-state index in [4.69, 9.17) is 20.5 Å². The molecule has 0 bridgehead atoms. The SMILES string of the molecule is [N-]=[N+]=Nc1nc(N=[N+]=[N-])c2ncn(COCCOC(=O)c3ccccc3)c2n1. The lowest BCUT2D eigenvalue weighted by Crippen LogP contribution is -2.12. The predicted molar refractivity (Wildman–Crippen MR) is 95.6 cm³/mol. The third-order valence-electron chi connectivity index (χ3n) is 3.41. The Kier molecular flexibility index (Phi) is 5.95. The van der Waals surface area contributed by atoms with Gasteiger partial charge in [-0.05, 0) is 33.4 Å². The second-order valence-electron chi connectivity index (χ2n) is 5.15. The van der Waals surface area contributed by atoms with Crippen molar-refractivity contribution in [3.8, 4) is 0 Å². The molecule has 140 valence electrons. The number of azide groups is 2. The summed E-state index contributed by atoms with van der Waals surface area (Å²) in [6.07, 6.45) is 1.41. The van der Waals surface area contributed by atoms with Crippen LogP contribution in [0.25, 0.3) is 32.0 Å². The van der Waals surface area contributed by atoms with E-state index in [9.17, 15) is 4.79 Å². The standard InChI is InChI=1S/C15H12N10O3/c16-23-21-12-11-13(20-15(19-12)22-24-17)25(8-18-11)9-27-6-7-28-14(26)10-4-2-1-3-5-10/h1-5,8H,6-7,9H2. The molecule has 2 aromatic heterocycles. The van der Waals surface area contributed by atoms with Crippen molar-refractivity contribution >= 4 is 28.9 Å². The lowest BCUT2D eigenvalue weighted by atomic mass is 10.2. The van der Waals surface area contributed by atoms with E-state index in [1.54, 1.807) is 30.3 Å². The Morgan fingerprint density at radius 2 is 1.89 bits per heavy atom. The van der Waals surface area contributed by atoms with Crippen LogP contribution in [0.15, 0.2) is 46.9 Å². The van der Waals surface area contributed by atoms with Gasteiger partial charge < -0.3 is 9.47 Å². The molecule has 0 aliphatic rings. The highest BCUT2D eigenvalue weighted by Gasteiger charge is 2.12. The number of benzene rings is 1. The number of carbonyl (C=O) groups excluding carboxylic acids is 1. The summed E-state index contributed by atoms with van der Waals surface area (Å²) < 4.78 is 12.1. The first kappa shape index (κ1) is 18.6. The normalized spacial score (nSPS) is 10.1. The lowest BCUT2D eigenvalue weighted by Gasteiger charge is -2.07. The van der Waals surface area contributed by atoms with E-state index in [0.717, 1.165) is 0 Å². The summed E-state index contributed by atoms with van der Waals surface area (Å²) in [7, 11) is 0. The van der Waals surface area contributed by atoms with Gasteiger partial charge in [0.05, 0.1) is 18.5 Å². The van der Waals surface area contributed by atoms with E-state index < -0.39 is 5.97 Å². The predicted octanol–water partition coefficient (Wildman–Crippen LogP) is 3.54. The smallest absolute Gasteiger partial charge is 0.338 e. The highest BCUT2D eigenvalue weighted by atomic mass is 16.6. The van der Waals surface area contributed by atoms with Crippen molar-refractivity contribution in [2.45, 2.75) is 6.73 Å². The van der Waals surface area contributed by atoms with Crippen LogP contribution in [0.4, 0.5) is 11.8 Å². The largest absolute Gasteiger partial charge is 0.460 e. The van der Waals surface area contributed by atoms with E-state index in [0.29, 0.717) is 5.56 Å². The van der Waals surface area contributed by atoms with Gasteiger partial charge in [-0.3, -0.25) is 4.57 Å². The van der Waals surface area contributed by atoms with Crippen LogP contribution in [0, 0.1) is 0 Å². The minimum Gasteiger partial charge on any atom is -0.460 e. The second-order valence-corrected chi connectivity index (χ2v) is 5.15. The summed E-state index contributed by atoms with van der Waals surface area (Å²) in [5.74, 6) is -0.718. The Bertz CT molecular complexity index is 1080. The van der Waals surface area contributed by atoms with E-state index in [-0.39, 0.29) is 42.9 Å². The van der Waals surface area contributed by atoms with Crippen molar-refractivity contribution in [2.75, 3.05) is 13.2 Å². The van der Waals surface area contributed by atoms with E-state index in [1.807, 2.05) is 0 Å². The van der Waals surface area contributed by atoms with Crippen LogP contribution in [-0.4, -0.2) is 38.7 Å². The van der Waals surface area contributed by atoms with Gasteiger partial charge in [0.25, 0.3) is 0 Å². The molecule has 0 unspecified atom stereocenters. The van der Waals surface area contributed by atoms with Crippen LogP contribution in [0.5, 0.6) is 0 Å². The number of hydrogen-bond donors (Lipinski definition) is 0. The summed E-state index contributed by atoms with van der Waals surface area (Å²) in [4.78, 5) is 29.1. The molecule has 13 heteroatoms. The fourth-order valence-corrected chi connectivity index (χ4v) is 2.22. The third kappa shape index (κ3) is 4.31. The Balaban J connectivity index is 1.62. The van der Waals surface area contributed by atoms with Gasteiger partial charge in [-0.1, -0.05) is 18.2 Å². The van der Waals surface area contributed by atoms with Crippen LogP contribution in [-0.2, 0) is 16.2 Å². The minimum atomic E-state index is -0.442. The van der Waals surface area contributed by atoms with Crippen molar-refractivity contribution in [3.63, 3.8) is 0 Å². The highest BCUT2D eigenvalue weighted by molar-refractivity contribution is 5.89. The Morgan fingerprint density at radius 3 is 2.64 bits per heavy atom. The molecule has 0 aliphatic carbocycles. The monoisotopic (exact) mass is 380 g/mol. The first-order valence-corrected chi connectivity index (χ1v) is 7.86. The van der Waals surface area contributed by atoms with Crippen LogP contribution in [0.2, 0.25) is 0 Å². The first-order valence-electron chi connectivity index (χ1n) is 7.86. The van der Waals surface area contributed by atoms with Gasteiger partial charge >= 0.3 is 5.97 Å². The number of carbonyl (C=O) groups is 1. The number of ether oxygens (including phenoxy) is 2. The van der Waals surface area contributed by atoms with Gasteiger partial charge in [0.2, 0.25) is 5.95 Å². The van der Waals surface area contributed by atoms with Gasteiger partial charge in [0.1, 0.15) is 18.9 Å². The van der Waals surface area contributed by atoms with Gasteiger partial charge in [-0.25, -0.2) is 19.7 Å². The molecule has 0 radical (unpaired) electrons. The molecule has 0 amide bonds. The molecule has 0 spiro atoms. The molecular weight excluding hydrogens is 368 g/mol. The fraction of sp³-hybridized carbons (Fsp3) is 0.200. The maximum Gasteiger partial charge on any atom is 0.338 e. The maximum absolute atomic E-state index is 11.8. The van der Waals surface area contributed by atoms with Gasteiger partial charge in [0, 0.05) is 9.82 Å². The molecule has 1 aromatic carbocycles. The Hall–Kier alpha value is -4.18. The van der Waals surface area contributed by atoms with E-state index in [2.05, 4.69) is 35.0 Å². The number of imidazole rings is 1. The molecule has 0 N–H and O–H groups in total. The summed E-state index contributed by atoms with van der Waals surface area (Å²) in [6, 6.07) is 8.61. The van der Waals surface area contributed by atoms with Crippen LogP contribution in [0.3, 0.4) is 0 Å². The number of esters is 1. The number of rotatable bonds is 8. The summed E-state index contributed by atoms with van der Waals surface area (Å²) in [5.41, 5.74) is 18.1. The maximum atomic E-state index is 11.8. The fourth-order valence-electron chi connectivity index (χ4n) is 2.22. The molecule has 0 fully saturated rings. The molecule has 13 nitrogen and oxygen atoms in total. The first-order chi connectivity index (χ1) is 13.7. The Morgan fingerprint density at radius 1 is 1.11 bits per heavy atom. The summed E-state index contributed by atoms with van der Waals surface area (Å²) in [5, 5.41) is 6.73. The molecule has 2 heterocycles. The molecular formula is C15H12N10O3. The van der Waals surface area contributed by atoms with Crippen LogP contribution in [0.1, 0.15) is 10.4 Å². The van der Waals surface area contributed by atoms with Gasteiger partial charge in [-0.2, -0.15) is 0 Å². The average Bonchev–Trinajstić information content (AvgIpc) is 3.12. The highest BCUT2D eigenvalue weighted by Crippen LogP contribution is 2.24. The molecule has 0 aliphatic heterocycles. The topological polar surface area (TPSA) is 177 Å². The molecule has 0 saturated carbocycles. The van der Waals surface area contributed by atoms with Crippen molar-refractivity contribution in [2.24, 2.45) is 10.2 Å². The van der Waals surface area contributed by atoms with Crippen molar-refractivity contribution in [3.05, 3.63) is 63.1 Å². The Labute approximate surface area is 156 Å².